The summed E-state index contributed by atoms with van der Waals surface area (Å²) in [6, 6.07) is 0.684. The van der Waals surface area contributed by atoms with Gasteiger partial charge in [-0.1, -0.05) is 27.7 Å². The summed E-state index contributed by atoms with van der Waals surface area (Å²) in [6.07, 6.45) is 2.67. The van der Waals surface area contributed by atoms with Crippen molar-refractivity contribution in [1.29, 1.82) is 0 Å². The van der Waals surface area contributed by atoms with Crippen LogP contribution in [0.15, 0.2) is 0 Å². The predicted octanol–water partition coefficient (Wildman–Crippen LogP) is 3.06. The van der Waals surface area contributed by atoms with Gasteiger partial charge in [0.05, 0.1) is 0 Å². The summed E-state index contributed by atoms with van der Waals surface area (Å²) < 4.78 is 0. The molecule has 0 amide bonds. The molecule has 0 spiro atoms. The molecular formula is C11H25N. The van der Waals surface area contributed by atoms with Gasteiger partial charge in [-0.2, -0.15) is 0 Å². The van der Waals surface area contributed by atoms with E-state index in [9.17, 15) is 0 Å². The van der Waals surface area contributed by atoms with Crippen molar-refractivity contribution in [3.8, 4) is 0 Å². The van der Waals surface area contributed by atoms with Crippen LogP contribution in [-0.2, 0) is 0 Å². The van der Waals surface area contributed by atoms with E-state index < -0.39 is 0 Å². The Bertz CT molecular complexity index is 99.2. The Kier molecular flexibility index (Phi) is 6.45. The first-order valence-corrected chi connectivity index (χ1v) is 5.29. The van der Waals surface area contributed by atoms with E-state index in [1.54, 1.807) is 0 Å². The number of nitrogens with one attached hydrogen (secondary N) is 1. The van der Waals surface area contributed by atoms with Crippen LogP contribution < -0.4 is 5.32 Å². The van der Waals surface area contributed by atoms with Crippen LogP contribution in [0.4, 0.5) is 0 Å². The Hall–Kier alpha value is -0.0400. The van der Waals surface area contributed by atoms with Crippen molar-refractivity contribution in [3.05, 3.63) is 0 Å². The SMILES string of the molecule is CCNC(C)CC(C)CC(C)C. The van der Waals surface area contributed by atoms with Crippen molar-refractivity contribution in [3.63, 3.8) is 0 Å². The minimum Gasteiger partial charge on any atom is -0.315 e. The lowest BCUT2D eigenvalue weighted by Gasteiger charge is -2.19. The van der Waals surface area contributed by atoms with Gasteiger partial charge < -0.3 is 5.32 Å². The van der Waals surface area contributed by atoms with Crippen LogP contribution in [0.2, 0.25) is 0 Å². The smallest absolute Gasteiger partial charge is 0.00411 e. The Balaban J connectivity index is 3.46. The molecule has 74 valence electrons. The normalized spacial score (nSPS) is 16.5. The zero-order chi connectivity index (χ0) is 9.56. The predicted molar refractivity (Wildman–Crippen MR) is 56.4 cm³/mol. The zero-order valence-corrected chi connectivity index (χ0v) is 9.35. The molecule has 1 nitrogen and oxygen atoms in total. The van der Waals surface area contributed by atoms with Gasteiger partial charge in [0.25, 0.3) is 0 Å². The maximum Gasteiger partial charge on any atom is 0.00411 e. The van der Waals surface area contributed by atoms with Crippen LogP contribution in [0.3, 0.4) is 0 Å². The standard InChI is InChI=1S/C11H25N/c1-6-12-11(5)8-10(4)7-9(2)3/h9-12H,6-8H2,1-5H3. The van der Waals surface area contributed by atoms with Crippen LogP contribution in [-0.4, -0.2) is 12.6 Å². The number of hydrogen-bond acceptors (Lipinski definition) is 1. The van der Waals surface area contributed by atoms with Crippen molar-refractivity contribution < 1.29 is 0 Å². The van der Waals surface area contributed by atoms with Gasteiger partial charge >= 0.3 is 0 Å². The average molecular weight is 171 g/mol. The molecule has 0 aliphatic carbocycles. The Morgan fingerprint density at radius 1 is 1.00 bits per heavy atom. The van der Waals surface area contributed by atoms with Gasteiger partial charge in [-0.05, 0) is 38.1 Å². The first-order valence-electron chi connectivity index (χ1n) is 5.29. The summed E-state index contributed by atoms with van der Waals surface area (Å²) in [6.45, 7) is 12.5. The molecule has 0 heterocycles. The molecule has 0 aromatic rings. The largest absolute Gasteiger partial charge is 0.315 e. The molecular weight excluding hydrogens is 146 g/mol. The molecule has 0 radical (unpaired) electrons. The van der Waals surface area contributed by atoms with E-state index in [0.29, 0.717) is 6.04 Å². The third kappa shape index (κ3) is 6.66. The summed E-state index contributed by atoms with van der Waals surface area (Å²) in [5.41, 5.74) is 0. The highest BCUT2D eigenvalue weighted by Crippen LogP contribution is 2.15. The minimum atomic E-state index is 0.684. The lowest BCUT2D eigenvalue weighted by atomic mass is 9.93. The maximum atomic E-state index is 3.45. The minimum absolute atomic E-state index is 0.684. The van der Waals surface area contributed by atoms with E-state index in [1.165, 1.54) is 12.8 Å². The number of hydrogen-bond donors (Lipinski definition) is 1. The highest BCUT2D eigenvalue weighted by molar-refractivity contribution is 4.65. The van der Waals surface area contributed by atoms with Gasteiger partial charge in [-0.25, -0.2) is 0 Å². The van der Waals surface area contributed by atoms with Gasteiger partial charge in [0, 0.05) is 6.04 Å². The molecule has 0 aliphatic rings. The Morgan fingerprint density at radius 2 is 1.58 bits per heavy atom. The second-order valence-electron chi connectivity index (χ2n) is 4.43. The van der Waals surface area contributed by atoms with E-state index >= 15 is 0 Å². The summed E-state index contributed by atoms with van der Waals surface area (Å²) in [4.78, 5) is 0. The van der Waals surface area contributed by atoms with Crippen molar-refractivity contribution in [2.75, 3.05) is 6.54 Å². The Labute approximate surface area is 77.9 Å². The lowest BCUT2D eigenvalue weighted by Crippen LogP contribution is -2.27. The molecule has 0 aliphatic heterocycles. The molecule has 2 atom stereocenters. The van der Waals surface area contributed by atoms with E-state index in [1.807, 2.05) is 0 Å². The maximum absolute atomic E-state index is 3.45. The highest BCUT2D eigenvalue weighted by Gasteiger charge is 2.08. The molecule has 0 bridgehead atoms. The summed E-state index contributed by atoms with van der Waals surface area (Å²) >= 11 is 0. The van der Waals surface area contributed by atoms with Crippen LogP contribution in [0.1, 0.15) is 47.5 Å². The second-order valence-corrected chi connectivity index (χ2v) is 4.43. The van der Waals surface area contributed by atoms with Gasteiger partial charge in [0.15, 0.2) is 0 Å². The fraction of sp³-hybridized carbons (Fsp3) is 1.00. The molecule has 0 rings (SSSR count). The highest BCUT2D eigenvalue weighted by atomic mass is 14.9. The average Bonchev–Trinajstić information content (AvgIpc) is 1.84. The van der Waals surface area contributed by atoms with Crippen molar-refractivity contribution >= 4 is 0 Å². The summed E-state index contributed by atoms with van der Waals surface area (Å²) in [5, 5.41) is 3.45. The first kappa shape index (κ1) is 12.0. The van der Waals surface area contributed by atoms with Crippen LogP contribution in [0, 0.1) is 11.8 Å². The van der Waals surface area contributed by atoms with Gasteiger partial charge in [0.1, 0.15) is 0 Å². The third-order valence-electron chi connectivity index (χ3n) is 2.18. The Morgan fingerprint density at radius 3 is 2.00 bits per heavy atom. The molecule has 0 fully saturated rings. The van der Waals surface area contributed by atoms with Crippen LogP contribution >= 0.6 is 0 Å². The molecule has 1 N–H and O–H groups in total. The summed E-state index contributed by atoms with van der Waals surface area (Å²) in [7, 11) is 0. The fourth-order valence-electron chi connectivity index (χ4n) is 1.94. The van der Waals surface area contributed by atoms with Crippen molar-refractivity contribution in [2.24, 2.45) is 11.8 Å². The molecule has 0 saturated heterocycles. The van der Waals surface area contributed by atoms with Gasteiger partial charge in [0.2, 0.25) is 0 Å². The molecule has 2 unspecified atom stereocenters. The molecule has 1 heteroatoms. The van der Waals surface area contributed by atoms with E-state index in [-0.39, 0.29) is 0 Å². The van der Waals surface area contributed by atoms with Gasteiger partial charge in [-0.15, -0.1) is 0 Å². The fourth-order valence-corrected chi connectivity index (χ4v) is 1.94. The zero-order valence-electron chi connectivity index (χ0n) is 9.35. The molecule has 12 heavy (non-hydrogen) atoms. The van der Waals surface area contributed by atoms with E-state index in [4.69, 9.17) is 0 Å². The van der Waals surface area contributed by atoms with Crippen LogP contribution in [0.25, 0.3) is 0 Å². The van der Waals surface area contributed by atoms with E-state index in [2.05, 4.69) is 39.9 Å². The van der Waals surface area contributed by atoms with Crippen molar-refractivity contribution in [1.82, 2.24) is 5.32 Å². The number of rotatable bonds is 6. The summed E-state index contributed by atoms with van der Waals surface area (Å²) in [5.74, 6) is 1.70. The first-order chi connectivity index (χ1) is 5.56. The van der Waals surface area contributed by atoms with Crippen molar-refractivity contribution in [2.45, 2.75) is 53.5 Å². The molecule has 0 aromatic carbocycles. The van der Waals surface area contributed by atoms with Gasteiger partial charge in [-0.3, -0.25) is 0 Å². The monoisotopic (exact) mass is 171 g/mol. The van der Waals surface area contributed by atoms with Crippen LogP contribution in [0.5, 0.6) is 0 Å². The quantitative estimate of drug-likeness (QED) is 0.647. The topological polar surface area (TPSA) is 12.0 Å². The van der Waals surface area contributed by atoms with E-state index in [0.717, 1.165) is 18.4 Å². The lowest BCUT2D eigenvalue weighted by molar-refractivity contribution is 0.367. The molecule has 0 aromatic heterocycles. The second kappa shape index (κ2) is 6.47. The third-order valence-corrected chi connectivity index (χ3v) is 2.18. The molecule has 0 saturated carbocycles.